The van der Waals surface area contributed by atoms with Gasteiger partial charge in [-0.1, -0.05) is 0 Å². The van der Waals surface area contributed by atoms with E-state index >= 15 is 0 Å². The van der Waals surface area contributed by atoms with E-state index in [1.807, 2.05) is 0 Å². The molecule has 0 aromatic heterocycles. The molecule has 1 unspecified atom stereocenters. The molecular formula is C11H17NO6. The zero-order valence-electron chi connectivity index (χ0n) is 10.6. The minimum absolute atomic E-state index is 0.337. The number of nitrogens with one attached hydrogen (secondary N) is 1. The average Bonchev–Trinajstić information content (AvgIpc) is 2.81. The molecule has 7 nitrogen and oxygen atoms in total. The molecule has 2 N–H and O–H groups in total. The number of carbonyl (C=O) groups is 2. The van der Waals surface area contributed by atoms with E-state index in [1.54, 1.807) is 6.92 Å². The maximum Gasteiger partial charge on any atom is 0.337 e. The van der Waals surface area contributed by atoms with Gasteiger partial charge in [-0.05, 0) is 6.92 Å². The van der Waals surface area contributed by atoms with Crippen molar-refractivity contribution >= 4 is 11.9 Å². The summed E-state index contributed by atoms with van der Waals surface area (Å²) in [5.74, 6) is -1.61. The van der Waals surface area contributed by atoms with Gasteiger partial charge < -0.3 is 24.6 Å². The highest BCUT2D eigenvalue weighted by Crippen LogP contribution is 2.48. The van der Waals surface area contributed by atoms with Crippen molar-refractivity contribution in [3.8, 4) is 0 Å². The number of amides is 1. The first kappa shape index (κ1) is 13.3. The predicted molar refractivity (Wildman–Crippen MR) is 58.4 cm³/mol. The van der Waals surface area contributed by atoms with Crippen LogP contribution in [0.5, 0.6) is 0 Å². The first-order valence-electron chi connectivity index (χ1n) is 5.67. The summed E-state index contributed by atoms with van der Waals surface area (Å²) < 4.78 is 15.4. The number of hydrogen-bond acceptors (Lipinski definition) is 6. The van der Waals surface area contributed by atoms with Crippen molar-refractivity contribution in [2.45, 2.75) is 30.8 Å². The Labute approximate surface area is 104 Å². The van der Waals surface area contributed by atoms with Crippen LogP contribution in [0.4, 0.5) is 0 Å². The van der Waals surface area contributed by atoms with Crippen molar-refractivity contribution in [2.24, 2.45) is 5.92 Å². The third kappa shape index (κ3) is 1.41. The fraction of sp³-hybridized carbons (Fsp3) is 0.818. The minimum atomic E-state index is -1.57. The van der Waals surface area contributed by atoms with Crippen LogP contribution < -0.4 is 5.32 Å². The standard InChI is InChI=1S/C11H17NO6/c1-10-6(4-7(16-2)18-10)8(14)12-11(10,5-13)9(15)17-3/h6-7,13H,4-5H2,1-3H3,(H,12,14)/t6?,7-,10-,11-/m0/s1. The molecule has 102 valence electrons. The van der Waals surface area contributed by atoms with Gasteiger partial charge >= 0.3 is 5.97 Å². The summed E-state index contributed by atoms with van der Waals surface area (Å²) in [6.07, 6.45) is -0.223. The highest BCUT2D eigenvalue weighted by atomic mass is 16.7. The van der Waals surface area contributed by atoms with E-state index in [-0.39, 0.29) is 5.91 Å². The Morgan fingerprint density at radius 2 is 2.28 bits per heavy atom. The van der Waals surface area contributed by atoms with E-state index in [0.717, 1.165) is 0 Å². The van der Waals surface area contributed by atoms with Crippen LogP contribution in [-0.2, 0) is 23.8 Å². The van der Waals surface area contributed by atoms with Gasteiger partial charge in [0.2, 0.25) is 5.91 Å². The quantitative estimate of drug-likeness (QED) is 0.617. The van der Waals surface area contributed by atoms with Crippen LogP contribution in [0.25, 0.3) is 0 Å². The van der Waals surface area contributed by atoms with E-state index in [9.17, 15) is 14.7 Å². The number of fused-ring (bicyclic) bond motifs is 1. The summed E-state index contributed by atoms with van der Waals surface area (Å²) >= 11 is 0. The zero-order valence-corrected chi connectivity index (χ0v) is 10.6. The second-order valence-corrected chi connectivity index (χ2v) is 4.72. The summed E-state index contributed by atoms with van der Waals surface area (Å²) in [5, 5.41) is 12.1. The number of rotatable bonds is 3. The van der Waals surface area contributed by atoms with E-state index in [2.05, 4.69) is 10.1 Å². The minimum Gasteiger partial charge on any atom is -0.467 e. The maximum absolute atomic E-state index is 12.0. The molecule has 0 saturated carbocycles. The van der Waals surface area contributed by atoms with Crippen molar-refractivity contribution in [1.29, 1.82) is 0 Å². The van der Waals surface area contributed by atoms with Crippen LogP contribution in [0.3, 0.4) is 0 Å². The predicted octanol–water partition coefficient (Wildman–Crippen LogP) is -1.21. The van der Waals surface area contributed by atoms with Gasteiger partial charge in [0.25, 0.3) is 0 Å². The molecule has 7 heteroatoms. The summed E-state index contributed by atoms with van der Waals surface area (Å²) in [4.78, 5) is 23.9. The number of esters is 1. The second kappa shape index (κ2) is 4.18. The molecule has 1 amide bonds. The fourth-order valence-corrected chi connectivity index (χ4v) is 2.83. The molecular weight excluding hydrogens is 242 g/mol. The first-order chi connectivity index (χ1) is 8.45. The monoisotopic (exact) mass is 259 g/mol. The lowest BCUT2D eigenvalue weighted by atomic mass is 9.77. The van der Waals surface area contributed by atoms with Crippen LogP contribution in [0.15, 0.2) is 0 Å². The summed E-state index contributed by atoms with van der Waals surface area (Å²) in [7, 11) is 2.66. The number of aliphatic hydroxyl groups is 1. The Bertz CT molecular complexity index is 386. The molecule has 2 aliphatic rings. The second-order valence-electron chi connectivity index (χ2n) is 4.72. The molecule has 0 spiro atoms. The van der Waals surface area contributed by atoms with Crippen LogP contribution in [0.1, 0.15) is 13.3 Å². The highest BCUT2D eigenvalue weighted by molar-refractivity contribution is 5.96. The summed E-state index contributed by atoms with van der Waals surface area (Å²) in [6.45, 7) is 1.02. The number of aliphatic hydroxyl groups excluding tert-OH is 1. The topological polar surface area (TPSA) is 94.1 Å². The lowest BCUT2D eigenvalue weighted by Crippen LogP contribution is -2.65. The summed E-state index contributed by atoms with van der Waals surface area (Å²) in [6, 6.07) is 0. The van der Waals surface area contributed by atoms with Crippen molar-refractivity contribution in [3.63, 3.8) is 0 Å². The molecule has 0 aliphatic carbocycles. The van der Waals surface area contributed by atoms with E-state index < -0.39 is 35.9 Å². The average molecular weight is 259 g/mol. The van der Waals surface area contributed by atoms with E-state index in [0.29, 0.717) is 6.42 Å². The summed E-state index contributed by atoms with van der Waals surface area (Å²) in [5.41, 5.74) is -2.75. The van der Waals surface area contributed by atoms with E-state index in [1.165, 1.54) is 14.2 Å². The molecule has 2 fully saturated rings. The van der Waals surface area contributed by atoms with Gasteiger partial charge in [0.15, 0.2) is 11.8 Å². The molecule has 2 heterocycles. The highest BCUT2D eigenvalue weighted by Gasteiger charge is 2.71. The van der Waals surface area contributed by atoms with Gasteiger partial charge in [-0.25, -0.2) is 4.79 Å². The van der Waals surface area contributed by atoms with Crippen LogP contribution in [0.2, 0.25) is 0 Å². The Balaban J connectivity index is 2.44. The molecule has 4 atom stereocenters. The normalized spacial score (nSPS) is 42.6. The Hall–Kier alpha value is -1.18. The number of carbonyl (C=O) groups excluding carboxylic acids is 2. The van der Waals surface area contributed by atoms with Crippen molar-refractivity contribution < 1.29 is 28.9 Å². The molecule has 18 heavy (non-hydrogen) atoms. The number of methoxy groups -OCH3 is 2. The van der Waals surface area contributed by atoms with Gasteiger partial charge in [0.1, 0.15) is 5.60 Å². The maximum atomic E-state index is 12.0. The molecule has 0 aromatic rings. The smallest absolute Gasteiger partial charge is 0.337 e. The molecule has 0 bridgehead atoms. The van der Waals surface area contributed by atoms with Crippen molar-refractivity contribution in [3.05, 3.63) is 0 Å². The molecule has 2 saturated heterocycles. The van der Waals surface area contributed by atoms with Gasteiger partial charge in [-0.15, -0.1) is 0 Å². The SMILES string of the molecule is COC(=O)[C@]1(CO)NC(=O)C2C[C@@H](OC)O[C@@]21C. The number of ether oxygens (including phenoxy) is 3. The Kier molecular flexibility index (Phi) is 3.08. The molecule has 2 aliphatic heterocycles. The van der Waals surface area contributed by atoms with Gasteiger partial charge in [-0.2, -0.15) is 0 Å². The van der Waals surface area contributed by atoms with Crippen LogP contribution in [-0.4, -0.2) is 55.2 Å². The molecule has 2 rings (SSSR count). The van der Waals surface area contributed by atoms with Crippen molar-refractivity contribution in [1.82, 2.24) is 5.32 Å². The first-order valence-corrected chi connectivity index (χ1v) is 5.67. The lowest BCUT2D eigenvalue weighted by Gasteiger charge is -2.37. The van der Waals surface area contributed by atoms with Crippen LogP contribution >= 0.6 is 0 Å². The molecule has 0 aromatic carbocycles. The zero-order chi connectivity index (χ0) is 13.6. The lowest BCUT2D eigenvalue weighted by molar-refractivity contribution is -0.192. The third-order valence-corrected chi connectivity index (χ3v) is 4.00. The number of hydrogen-bond donors (Lipinski definition) is 2. The Morgan fingerprint density at radius 3 is 2.78 bits per heavy atom. The van der Waals surface area contributed by atoms with Crippen molar-refractivity contribution in [2.75, 3.05) is 20.8 Å². The van der Waals surface area contributed by atoms with Crippen LogP contribution in [0, 0.1) is 5.92 Å². The van der Waals surface area contributed by atoms with E-state index in [4.69, 9.17) is 9.47 Å². The molecule has 0 radical (unpaired) electrons. The fourth-order valence-electron chi connectivity index (χ4n) is 2.83. The van der Waals surface area contributed by atoms with Gasteiger partial charge in [0, 0.05) is 13.5 Å². The van der Waals surface area contributed by atoms with Gasteiger partial charge in [0.05, 0.1) is 19.6 Å². The third-order valence-electron chi connectivity index (χ3n) is 4.00. The largest absolute Gasteiger partial charge is 0.467 e. The van der Waals surface area contributed by atoms with Gasteiger partial charge in [-0.3, -0.25) is 4.79 Å². The Morgan fingerprint density at radius 1 is 1.61 bits per heavy atom.